The van der Waals surface area contributed by atoms with Crippen molar-refractivity contribution in [2.24, 2.45) is 5.92 Å². The van der Waals surface area contributed by atoms with Crippen LogP contribution < -0.4 is 9.64 Å². The van der Waals surface area contributed by atoms with Crippen LogP contribution in [0, 0.1) is 17.6 Å². The molecule has 10 heteroatoms. The Hall–Kier alpha value is -3.63. The Labute approximate surface area is 261 Å². The molecule has 0 aliphatic carbocycles. The summed E-state index contributed by atoms with van der Waals surface area (Å²) in [5, 5.41) is 12.2. The van der Waals surface area contributed by atoms with Gasteiger partial charge in [-0.15, -0.1) is 0 Å². The van der Waals surface area contributed by atoms with Gasteiger partial charge in [0.1, 0.15) is 35.2 Å². The highest BCUT2D eigenvalue weighted by Gasteiger charge is 2.48. The van der Waals surface area contributed by atoms with Gasteiger partial charge in [-0.2, -0.15) is 9.97 Å². The monoisotopic (exact) mass is 615 g/mol. The van der Waals surface area contributed by atoms with E-state index >= 15 is 4.39 Å². The zero-order valence-electron chi connectivity index (χ0n) is 25.9. The first kappa shape index (κ1) is 28.8. The number of aromatic nitrogens is 3. The lowest BCUT2D eigenvalue weighted by molar-refractivity contribution is -0.151. The van der Waals surface area contributed by atoms with Gasteiger partial charge >= 0.3 is 6.01 Å². The third-order valence-corrected chi connectivity index (χ3v) is 10.7. The summed E-state index contributed by atoms with van der Waals surface area (Å²) in [7, 11) is 0. The molecule has 0 amide bonds. The molecule has 4 aliphatic heterocycles. The van der Waals surface area contributed by atoms with E-state index in [4.69, 9.17) is 14.5 Å². The summed E-state index contributed by atoms with van der Waals surface area (Å²) in [5.74, 6) is 0.0996. The Morgan fingerprint density at radius 2 is 1.96 bits per heavy atom. The third-order valence-electron chi connectivity index (χ3n) is 10.7. The number of ether oxygens (including phenoxy) is 2. The first-order valence-electron chi connectivity index (χ1n) is 16.4. The highest BCUT2D eigenvalue weighted by atomic mass is 19.1. The summed E-state index contributed by atoms with van der Waals surface area (Å²) in [6, 6.07) is 6.14. The van der Waals surface area contributed by atoms with E-state index in [1.165, 1.54) is 12.1 Å². The highest BCUT2D eigenvalue weighted by molar-refractivity contribution is 6.01. The van der Waals surface area contributed by atoms with Crippen LogP contribution in [0.25, 0.3) is 32.9 Å². The maximum Gasteiger partial charge on any atom is 0.319 e. The lowest BCUT2D eigenvalue weighted by Crippen LogP contribution is -2.56. The van der Waals surface area contributed by atoms with Crippen molar-refractivity contribution in [3.63, 3.8) is 0 Å². The van der Waals surface area contributed by atoms with E-state index in [0.717, 1.165) is 64.8 Å². The highest BCUT2D eigenvalue weighted by Crippen LogP contribution is 2.43. The molecule has 6 heterocycles. The minimum Gasteiger partial charge on any atom is -0.508 e. The standard InChI is InChI=1S/C35H39F2N5O3/c1-3-24-27(36)7-6-22-14-23(43)15-25(28(22)24)30-29(37)31-26(17-38-30)32(41-11-5-9-35(19-41)10-13-45-35)40-33(39-31)44-20-34-8-4-12-42(34)18-21(2)16-34/h6-7,14-15,17,21,43H,3-5,8-13,16,18-20H2,1-2H3/t21-,34+,35-/m1/s1. The summed E-state index contributed by atoms with van der Waals surface area (Å²) in [5.41, 5.74) is 0.621. The molecule has 4 saturated heterocycles. The third kappa shape index (κ3) is 4.71. The molecule has 8 rings (SSSR count). The number of phenolic OH excluding ortho intramolecular Hbond substituents is 1. The Morgan fingerprint density at radius 1 is 1.11 bits per heavy atom. The number of phenols is 1. The predicted molar refractivity (Wildman–Crippen MR) is 169 cm³/mol. The molecule has 8 nitrogen and oxygen atoms in total. The van der Waals surface area contributed by atoms with Crippen LogP contribution in [0.1, 0.15) is 57.9 Å². The average Bonchev–Trinajstić information content (AvgIpc) is 3.55. The second kappa shape index (κ2) is 10.7. The van der Waals surface area contributed by atoms with E-state index in [0.29, 0.717) is 58.6 Å². The van der Waals surface area contributed by atoms with Crippen LogP contribution in [-0.4, -0.2) is 75.5 Å². The van der Waals surface area contributed by atoms with Crippen molar-refractivity contribution in [1.82, 2.24) is 19.9 Å². The molecule has 1 spiro atoms. The van der Waals surface area contributed by atoms with Crippen LogP contribution in [0.2, 0.25) is 0 Å². The Kier molecular flexibility index (Phi) is 6.87. The molecule has 4 aromatic rings. The molecule has 236 valence electrons. The van der Waals surface area contributed by atoms with Gasteiger partial charge in [-0.25, -0.2) is 8.78 Å². The second-order valence-corrected chi connectivity index (χ2v) is 13.7. The quantitative estimate of drug-likeness (QED) is 0.267. The van der Waals surface area contributed by atoms with Crippen molar-refractivity contribution >= 4 is 27.5 Å². The summed E-state index contributed by atoms with van der Waals surface area (Å²) in [6.07, 6.45) is 8.18. The van der Waals surface area contributed by atoms with Gasteiger partial charge in [-0.05, 0) is 85.5 Å². The van der Waals surface area contributed by atoms with Crippen LogP contribution in [-0.2, 0) is 11.2 Å². The topological polar surface area (TPSA) is 83.8 Å². The number of anilines is 1. The maximum absolute atomic E-state index is 16.9. The number of rotatable bonds is 6. The number of piperidine rings is 1. The number of benzene rings is 2. The minimum atomic E-state index is -0.652. The first-order valence-corrected chi connectivity index (χ1v) is 16.4. The summed E-state index contributed by atoms with van der Waals surface area (Å²) >= 11 is 0. The van der Waals surface area contributed by atoms with Gasteiger partial charge in [0, 0.05) is 37.8 Å². The Morgan fingerprint density at radius 3 is 2.76 bits per heavy atom. The molecule has 0 bridgehead atoms. The maximum atomic E-state index is 16.9. The van der Waals surface area contributed by atoms with E-state index in [2.05, 4.69) is 26.7 Å². The van der Waals surface area contributed by atoms with Gasteiger partial charge in [0.05, 0.1) is 23.1 Å². The van der Waals surface area contributed by atoms with Crippen molar-refractivity contribution < 1.29 is 23.4 Å². The fourth-order valence-electron chi connectivity index (χ4n) is 8.56. The van der Waals surface area contributed by atoms with Gasteiger partial charge in [0.25, 0.3) is 0 Å². The number of hydrogen-bond acceptors (Lipinski definition) is 8. The molecular weight excluding hydrogens is 576 g/mol. The molecular formula is C35H39F2N5O3. The molecule has 4 fully saturated rings. The Balaban J connectivity index is 1.27. The lowest BCUT2D eigenvalue weighted by Gasteiger charge is -2.48. The fourth-order valence-corrected chi connectivity index (χ4v) is 8.56. The molecule has 0 unspecified atom stereocenters. The van der Waals surface area contributed by atoms with Crippen molar-refractivity contribution in [2.45, 2.75) is 69.9 Å². The van der Waals surface area contributed by atoms with Gasteiger partial charge in [-0.1, -0.05) is 19.9 Å². The van der Waals surface area contributed by atoms with Crippen molar-refractivity contribution in [2.75, 3.05) is 44.3 Å². The molecule has 45 heavy (non-hydrogen) atoms. The average molecular weight is 616 g/mol. The number of hydrogen-bond donors (Lipinski definition) is 1. The SMILES string of the molecule is CCc1c(F)ccc2cc(O)cc(-c3ncc4c(N5CCC[C@@]6(CCO6)C5)nc(OC[C@@]56CCCN5C[C@H](C)C6)nc4c3F)c12. The number of nitrogens with zero attached hydrogens (tertiary/aromatic N) is 5. The number of fused-ring (bicyclic) bond motifs is 3. The van der Waals surface area contributed by atoms with Gasteiger partial charge in [-0.3, -0.25) is 9.88 Å². The summed E-state index contributed by atoms with van der Waals surface area (Å²) < 4.78 is 44.3. The van der Waals surface area contributed by atoms with E-state index < -0.39 is 5.82 Å². The van der Waals surface area contributed by atoms with Crippen LogP contribution in [0.3, 0.4) is 0 Å². The smallest absolute Gasteiger partial charge is 0.319 e. The van der Waals surface area contributed by atoms with Crippen molar-refractivity contribution in [3.8, 4) is 23.0 Å². The lowest BCUT2D eigenvalue weighted by atomic mass is 9.86. The largest absolute Gasteiger partial charge is 0.508 e. The van der Waals surface area contributed by atoms with E-state index in [9.17, 15) is 9.50 Å². The van der Waals surface area contributed by atoms with Crippen LogP contribution in [0.4, 0.5) is 14.6 Å². The predicted octanol–water partition coefficient (Wildman–Crippen LogP) is 6.40. The number of aromatic hydroxyl groups is 1. The normalized spacial score (nSPS) is 26.6. The minimum absolute atomic E-state index is 0.00178. The summed E-state index contributed by atoms with van der Waals surface area (Å²) in [6.45, 7) is 8.88. The van der Waals surface area contributed by atoms with Crippen molar-refractivity contribution in [3.05, 3.63) is 47.7 Å². The van der Waals surface area contributed by atoms with Crippen LogP contribution in [0.15, 0.2) is 30.5 Å². The van der Waals surface area contributed by atoms with Crippen molar-refractivity contribution in [1.29, 1.82) is 0 Å². The second-order valence-electron chi connectivity index (χ2n) is 13.7. The molecule has 1 N–H and O–H groups in total. The molecule has 0 radical (unpaired) electrons. The molecule has 0 saturated carbocycles. The fraction of sp³-hybridized carbons (Fsp3) is 0.514. The molecule has 2 aromatic carbocycles. The first-order chi connectivity index (χ1) is 21.8. The molecule has 2 aromatic heterocycles. The Bertz CT molecular complexity index is 1810. The zero-order valence-corrected chi connectivity index (χ0v) is 25.9. The number of halogens is 2. The number of aryl methyl sites for hydroxylation is 1. The summed E-state index contributed by atoms with van der Waals surface area (Å²) in [4.78, 5) is 18.9. The van der Waals surface area contributed by atoms with Crippen LogP contribution in [0.5, 0.6) is 11.8 Å². The molecule has 4 aliphatic rings. The molecule has 3 atom stereocenters. The van der Waals surface area contributed by atoms with Gasteiger partial charge in [0.15, 0.2) is 5.82 Å². The van der Waals surface area contributed by atoms with E-state index in [-0.39, 0.29) is 39.9 Å². The number of pyridine rings is 1. The van der Waals surface area contributed by atoms with E-state index in [1.54, 1.807) is 18.3 Å². The van der Waals surface area contributed by atoms with Gasteiger partial charge in [0.2, 0.25) is 0 Å². The van der Waals surface area contributed by atoms with Crippen LogP contribution >= 0.6 is 0 Å². The van der Waals surface area contributed by atoms with Gasteiger partial charge < -0.3 is 19.5 Å². The van der Waals surface area contributed by atoms with E-state index in [1.807, 2.05) is 6.92 Å². The zero-order chi connectivity index (χ0) is 30.9.